The van der Waals surface area contributed by atoms with E-state index in [1.807, 2.05) is 31.2 Å². The maximum absolute atomic E-state index is 12.1. The summed E-state index contributed by atoms with van der Waals surface area (Å²) in [4.78, 5) is 12.1. The molecule has 1 unspecified atom stereocenters. The van der Waals surface area contributed by atoms with Gasteiger partial charge in [-0.1, -0.05) is 59.7 Å². The first-order chi connectivity index (χ1) is 16.5. The molecule has 1 aliphatic carbocycles. The molecule has 1 aliphatic rings. The fourth-order valence-electron chi connectivity index (χ4n) is 4.40. The van der Waals surface area contributed by atoms with E-state index < -0.39 is 6.10 Å². The van der Waals surface area contributed by atoms with Crippen molar-refractivity contribution < 1.29 is 19.0 Å². The zero-order valence-corrected chi connectivity index (χ0v) is 20.4. The van der Waals surface area contributed by atoms with Gasteiger partial charge in [0.15, 0.2) is 6.10 Å². The first-order valence-corrected chi connectivity index (χ1v) is 11.9. The van der Waals surface area contributed by atoms with E-state index in [0.29, 0.717) is 26.2 Å². The van der Waals surface area contributed by atoms with Crippen LogP contribution in [0.4, 0.5) is 0 Å². The third-order valence-electron chi connectivity index (χ3n) is 6.02. The van der Waals surface area contributed by atoms with Crippen molar-refractivity contribution >= 4 is 11.5 Å². The van der Waals surface area contributed by atoms with Crippen LogP contribution in [-0.4, -0.2) is 31.9 Å². The molecule has 4 rings (SSSR count). The molecule has 0 N–H and O–H groups in total. The molecule has 4 heteroatoms. The second kappa shape index (κ2) is 10.7. The quantitative estimate of drug-likeness (QED) is 0.277. The molecule has 3 aromatic carbocycles. The molecule has 4 nitrogen and oxygen atoms in total. The van der Waals surface area contributed by atoms with Gasteiger partial charge < -0.3 is 14.2 Å². The molecule has 0 aromatic heterocycles. The zero-order valence-electron chi connectivity index (χ0n) is 20.4. The average Bonchev–Trinajstić information content (AvgIpc) is 3.12. The number of aryl methyl sites for hydroxylation is 2. The summed E-state index contributed by atoms with van der Waals surface area (Å²) in [6, 6.07) is 21.1. The SMILES string of the molecule is CCOC(=O)C(Cc1ccc(OCC=C2c3cc(C)ccc3-c3ccc(C)cc32)cc1)OCC. The molecule has 0 saturated heterocycles. The van der Waals surface area contributed by atoms with Crippen molar-refractivity contribution in [3.63, 3.8) is 0 Å². The smallest absolute Gasteiger partial charge is 0.335 e. The summed E-state index contributed by atoms with van der Waals surface area (Å²) < 4.78 is 16.7. The number of carbonyl (C=O) groups is 1. The van der Waals surface area contributed by atoms with Crippen molar-refractivity contribution in [2.45, 2.75) is 40.2 Å². The third kappa shape index (κ3) is 5.23. The van der Waals surface area contributed by atoms with E-state index in [9.17, 15) is 4.79 Å². The highest BCUT2D eigenvalue weighted by Crippen LogP contribution is 2.44. The zero-order chi connectivity index (χ0) is 24.1. The summed E-state index contributed by atoms with van der Waals surface area (Å²) in [6.07, 6.45) is 2.06. The Morgan fingerprint density at radius 2 is 1.44 bits per heavy atom. The molecule has 0 aliphatic heterocycles. The third-order valence-corrected chi connectivity index (χ3v) is 6.02. The number of hydrogen-bond acceptors (Lipinski definition) is 4. The number of benzene rings is 3. The molecule has 0 heterocycles. The van der Waals surface area contributed by atoms with E-state index in [4.69, 9.17) is 14.2 Å². The molecule has 34 heavy (non-hydrogen) atoms. The number of fused-ring (bicyclic) bond motifs is 3. The summed E-state index contributed by atoms with van der Waals surface area (Å²) >= 11 is 0. The predicted molar refractivity (Wildman–Crippen MR) is 136 cm³/mol. The first kappa shape index (κ1) is 23.8. The number of esters is 1. The minimum absolute atomic E-state index is 0.320. The van der Waals surface area contributed by atoms with E-state index in [2.05, 4.69) is 56.3 Å². The minimum Gasteiger partial charge on any atom is -0.490 e. The second-order valence-corrected chi connectivity index (χ2v) is 8.57. The molecule has 0 amide bonds. The van der Waals surface area contributed by atoms with Gasteiger partial charge in [0.2, 0.25) is 0 Å². The molecule has 0 bridgehead atoms. The molecular formula is C30H32O4. The normalized spacial score (nSPS) is 12.6. The topological polar surface area (TPSA) is 44.8 Å². The fraction of sp³-hybridized carbons (Fsp3) is 0.300. The molecule has 1 atom stereocenters. The van der Waals surface area contributed by atoms with Gasteiger partial charge in [-0.15, -0.1) is 0 Å². The van der Waals surface area contributed by atoms with Gasteiger partial charge in [-0.3, -0.25) is 0 Å². The van der Waals surface area contributed by atoms with Crippen LogP contribution in [-0.2, 0) is 20.7 Å². The maximum Gasteiger partial charge on any atom is 0.335 e. The maximum atomic E-state index is 12.1. The Balaban J connectivity index is 1.46. The Hall–Kier alpha value is -3.37. The Kier molecular flexibility index (Phi) is 7.49. The van der Waals surface area contributed by atoms with E-state index in [1.54, 1.807) is 6.92 Å². The fourth-order valence-corrected chi connectivity index (χ4v) is 4.40. The molecule has 0 spiro atoms. The highest BCUT2D eigenvalue weighted by Gasteiger charge is 2.23. The molecule has 0 fully saturated rings. The monoisotopic (exact) mass is 456 g/mol. The Bertz CT molecular complexity index is 1140. The van der Waals surface area contributed by atoms with Crippen molar-refractivity contribution in [2.24, 2.45) is 0 Å². The van der Waals surface area contributed by atoms with Crippen LogP contribution in [0.2, 0.25) is 0 Å². The van der Waals surface area contributed by atoms with Crippen LogP contribution in [0.1, 0.15) is 41.7 Å². The van der Waals surface area contributed by atoms with Crippen LogP contribution in [0.15, 0.2) is 66.7 Å². The minimum atomic E-state index is -0.587. The number of hydrogen-bond donors (Lipinski definition) is 0. The second-order valence-electron chi connectivity index (χ2n) is 8.57. The lowest BCUT2D eigenvalue weighted by atomic mass is 10.0. The van der Waals surface area contributed by atoms with Crippen LogP contribution >= 0.6 is 0 Å². The van der Waals surface area contributed by atoms with Crippen molar-refractivity contribution in [1.82, 2.24) is 0 Å². The van der Waals surface area contributed by atoms with Crippen molar-refractivity contribution in [2.75, 3.05) is 19.8 Å². The highest BCUT2D eigenvalue weighted by atomic mass is 16.6. The van der Waals surface area contributed by atoms with E-state index in [-0.39, 0.29) is 5.97 Å². The molecule has 0 saturated carbocycles. The van der Waals surface area contributed by atoms with Crippen LogP contribution < -0.4 is 4.74 Å². The van der Waals surface area contributed by atoms with Crippen molar-refractivity contribution in [3.8, 4) is 16.9 Å². The van der Waals surface area contributed by atoms with Gasteiger partial charge in [-0.05, 0) is 79.3 Å². The number of carbonyl (C=O) groups excluding carboxylic acids is 1. The summed E-state index contributed by atoms with van der Waals surface area (Å²) in [5.74, 6) is 0.468. The summed E-state index contributed by atoms with van der Waals surface area (Å²) in [5, 5.41) is 0. The van der Waals surface area contributed by atoms with Gasteiger partial charge in [0.1, 0.15) is 12.4 Å². The molecular weight excluding hydrogens is 424 g/mol. The Morgan fingerprint density at radius 3 is 2.00 bits per heavy atom. The van der Waals surface area contributed by atoms with Crippen molar-refractivity contribution in [3.05, 3.63) is 94.6 Å². The Labute approximate surface area is 202 Å². The van der Waals surface area contributed by atoms with Crippen molar-refractivity contribution in [1.29, 1.82) is 0 Å². The van der Waals surface area contributed by atoms with E-state index >= 15 is 0 Å². The van der Waals surface area contributed by atoms with Gasteiger partial charge >= 0.3 is 5.97 Å². The first-order valence-electron chi connectivity index (χ1n) is 11.9. The largest absolute Gasteiger partial charge is 0.490 e. The van der Waals surface area contributed by atoms with Crippen LogP contribution in [0, 0.1) is 13.8 Å². The molecule has 3 aromatic rings. The molecule has 176 valence electrons. The lowest BCUT2D eigenvalue weighted by Crippen LogP contribution is -2.28. The lowest BCUT2D eigenvalue weighted by molar-refractivity contribution is -0.156. The molecule has 0 radical (unpaired) electrons. The average molecular weight is 457 g/mol. The van der Waals surface area contributed by atoms with Crippen LogP contribution in [0.25, 0.3) is 16.7 Å². The standard InChI is InChI=1S/C30H32O4/c1-5-32-29(30(31)33-6-2)19-22-9-11-23(12-10-22)34-16-15-26-27-17-20(3)7-13-24(27)25-14-8-21(4)18-28(25)26/h7-15,17-18,29H,5-6,16,19H2,1-4H3. The van der Waals surface area contributed by atoms with Gasteiger partial charge in [0.05, 0.1) is 6.61 Å². The van der Waals surface area contributed by atoms with Gasteiger partial charge in [0.25, 0.3) is 0 Å². The van der Waals surface area contributed by atoms with E-state index in [0.717, 1.165) is 11.3 Å². The van der Waals surface area contributed by atoms with Crippen LogP contribution in [0.5, 0.6) is 5.75 Å². The van der Waals surface area contributed by atoms with Crippen LogP contribution in [0.3, 0.4) is 0 Å². The van der Waals surface area contributed by atoms with E-state index in [1.165, 1.54) is 39.0 Å². The summed E-state index contributed by atoms with van der Waals surface area (Å²) in [7, 11) is 0. The number of rotatable bonds is 9. The summed E-state index contributed by atoms with van der Waals surface area (Å²) in [6.45, 7) is 9.21. The van der Waals surface area contributed by atoms with Gasteiger partial charge in [0, 0.05) is 13.0 Å². The summed E-state index contributed by atoms with van der Waals surface area (Å²) in [5.41, 5.74) is 9.81. The van der Waals surface area contributed by atoms with Gasteiger partial charge in [-0.25, -0.2) is 4.79 Å². The highest BCUT2D eigenvalue weighted by molar-refractivity contribution is 6.01. The van der Waals surface area contributed by atoms with Gasteiger partial charge in [-0.2, -0.15) is 0 Å². The predicted octanol–water partition coefficient (Wildman–Crippen LogP) is 6.31. The number of ether oxygens (including phenoxy) is 3. The Morgan fingerprint density at radius 1 is 0.824 bits per heavy atom. The lowest BCUT2D eigenvalue weighted by Gasteiger charge is -2.15.